The summed E-state index contributed by atoms with van der Waals surface area (Å²) in [5.74, 6) is 0.132. The van der Waals surface area contributed by atoms with Gasteiger partial charge in [0.05, 0.1) is 15.9 Å². The van der Waals surface area contributed by atoms with Crippen LogP contribution in [0.3, 0.4) is 0 Å². The smallest absolute Gasteiger partial charge is 0.263 e. The Morgan fingerprint density at radius 2 is 1.95 bits per heavy atom. The number of likely N-dealkylation sites (N-methyl/N-ethyl adjacent to an activating group) is 1. The molecule has 0 aromatic carbocycles. The molecule has 0 unspecified atom stereocenters. The van der Waals surface area contributed by atoms with Crippen molar-refractivity contribution in [2.75, 3.05) is 32.0 Å². The van der Waals surface area contributed by atoms with E-state index in [0.29, 0.717) is 4.88 Å². The molecule has 1 N–H and O–H groups in total. The topological polar surface area (TPSA) is 52.7 Å². The van der Waals surface area contributed by atoms with Crippen molar-refractivity contribution in [3.8, 4) is 0 Å². The lowest BCUT2D eigenvalue weighted by molar-refractivity contribution is -0.119. The summed E-state index contributed by atoms with van der Waals surface area (Å²) in [7, 11) is 1.98. The molecule has 6 heteroatoms. The summed E-state index contributed by atoms with van der Waals surface area (Å²) in [6.45, 7) is 2.68. The number of likely N-dealkylation sites (tertiary alicyclic amines) is 2. The standard InChI is InChI=1S/C15H21N3O2S/c1-17-8-4-5-11(17)14(19)16-13-7-6-12(21-13)15(20)18-9-2-3-10-18/h6-7,11H,2-5,8-10H2,1H3,(H,16,19)/t11-/m0/s1. The first-order valence-corrected chi connectivity index (χ1v) is 8.37. The molecule has 0 aliphatic carbocycles. The predicted molar refractivity (Wildman–Crippen MR) is 83.7 cm³/mol. The number of carbonyl (C=O) groups is 2. The average molecular weight is 307 g/mol. The lowest BCUT2D eigenvalue weighted by Gasteiger charge is -2.17. The number of nitrogens with one attached hydrogen (secondary N) is 1. The second kappa shape index (κ2) is 6.15. The quantitative estimate of drug-likeness (QED) is 0.929. The maximum Gasteiger partial charge on any atom is 0.263 e. The molecule has 21 heavy (non-hydrogen) atoms. The van der Waals surface area contributed by atoms with Gasteiger partial charge in [-0.3, -0.25) is 14.5 Å². The number of hydrogen-bond donors (Lipinski definition) is 1. The van der Waals surface area contributed by atoms with Gasteiger partial charge in [0.2, 0.25) is 5.91 Å². The van der Waals surface area contributed by atoms with Crippen LogP contribution in [0, 0.1) is 0 Å². The van der Waals surface area contributed by atoms with Crippen molar-refractivity contribution in [3.63, 3.8) is 0 Å². The second-order valence-electron chi connectivity index (χ2n) is 5.79. The Bertz CT molecular complexity index is 537. The number of carbonyl (C=O) groups excluding carboxylic acids is 2. The van der Waals surface area contributed by atoms with Crippen LogP contribution in [0.4, 0.5) is 5.00 Å². The van der Waals surface area contributed by atoms with Gasteiger partial charge in [-0.25, -0.2) is 0 Å². The summed E-state index contributed by atoms with van der Waals surface area (Å²) in [5.41, 5.74) is 0. The van der Waals surface area contributed by atoms with Gasteiger partial charge < -0.3 is 10.2 Å². The molecule has 1 atom stereocenters. The fourth-order valence-corrected chi connectivity index (χ4v) is 3.92. The Labute approximate surface area is 128 Å². The SMILES string of the molecule is CN1CCC[C@H]1C(=O)Nc1ccc(C(=O)N2CCCC2)s1. The highest BCUT2D eigenvalue weighted by molar-refractivity contribution is 7.18. The fraction of sp³-hybridized carbons (Fsp3) is 0.600. The number of nitrogens with zero attached hydrogens (tertiary/aromatic N) is 2. The molecule has 114 valence electrons. The summed E-state index contributed by atoms with van der Waals surface area (Å²) >= 11 is 1.37. The van der Waals surface area contributed by atoms with Crippen molar-refractivity contribution in [1.29, 1.82) is 0 Å². The first kappa shape index (κ1) is 14.5. The monoisotopic (exact) mass is 307 g/mol. The van der Waals surface area contributed by atoms with Gasteiger partial charge in [0.25, 0.3) is 5.91 Å². The molecular formula is C15H21N3O2S. The van der Waals surface area contributed by atoms with Crippen molar-refractivity contribution in [2.45, 2.75) is 31.7 Å². The van der Waals surface area contributed by atoms with Crippen LogP contribution < -0.4 is 5.32 Å². The molecule has 2 aliphatic heterocycles. The lowest BCUT2D eigenvalue weighted by atomic mass is 10.2. The lowest BCUT2D eigenvalue weighted by Crippen LogP contribution is -2.36. The average Bonchev–Trinajstić information content (AvgIpc) is 3.18. The predicted octanol–water partition coefficient (Wildman–Crippen LogP) is 2.02. The van der Waals surface area contributed by atoms with E-state index in [2.05, 4.69) is 10.2 Å². The number of thiophene rings is 1. The maximum absolute atomic E-state index is 12.3. The summed E-state index contributed by atoms with van der Waals surface area (Å²) in [6, 6.07) is 3.62. The third kappa shape index (κ3) is 3.11. The molecular weight excluding hydrogens is 286 g/mol. The molecule has 1 aromatic heterocycles. The van der Waals surface area contributed by atoms with E-state index in [4.69, 9.17) is 0 Å². The van der Waals surface area contributed by atoms with Crippen LogP contribution in [0.1, 0.15) is 35.4 Å². The molecule has 3 rings (SSSR count). The molecule has 2 saturated heterocycles. The van der Waals surface area contributed by atoms with Crippen LogP contribution in [0.25, 0.3) is 0 Å². The number of amides is 2. The zero-order valence-corrected chi connectivity index (χ0v) is 13.1. The molecule has 2 fully saturated rings. The van der Waals surface area contributed by atoms with E-state index >= 15 is 0 Å². The molecule has 3 heterocycles. The Balaban J connectivity index is 1.62. The zero-order valence-electron chi connectivity index (χ0n) is 12.3. The summed E-state index contributed by atoms with van der Waals surface area (Å²) in [6.07, 6.45) is 4.16. The van der Waals surface area contributed by atoms with Crippen molar-refractivity contribution in [3.05, 3.63) is 17.0 Å². The van der Waals surface area contributed by atoms with Gasteiger partial charge in [0.15, 0.2) is 0 Å². The number of rotatable bonds is 3. The summed E-state index contributed by atoms with van der Waals surface area (Å²) in [5, 5.41) is 3.71. The van der Waals surface area contributed by atoms with Gasteiger partial charge in [-0.2, -0.15) is 0 Å². The van der Waals surface area contributed by atoms with Crippen LogP contribution in [0.5, 0.6) is 0 Å². The first-order valence-electron chi connectivity index (χ1n) is 7.55. The van der Waals surface area contributed by atoms with E-state index in [9.17, 15) is 9.59 Å². The van der Waals surface area contributed by atoms with Crippen molar-refractivity contribution in [2.24, 2.45) is 0 Å². The minimum absolute atomic E-state index is 0.0372. The number of hydrogen-bond acceptors (Lipinski definition) is 4. The highest BCUT2D eigenvalue weighted by atomic mass is 32.1. The van der Waals surface area contributed by atoms with Crippen molar-refractivity contribution >= 4 is 28.2 Å². The van der Waals surface area contributed by atoms with Crippen LogP contribution in [-0.4, -0.2) is 54.3 Å². The van der Waals surface area contributed by atoms with Gasteiger partial charge in [0.1, 0.15) is 0 Å². The Kier molecular flexibility index (Phi) is 4.26. The molecule has 2 aliphatic rings. The van der Waals surface area contributed by atoms with E-state index in [1.165, 1.54) is 11.3 Å². The molecule has 0 saturated carbocycles. The van der Waals surface area contributed by atoms with E-state index in [0.717, 1.165) is 50.3 Å². The van der Waals surface area contributed by atoms with Crippen molar-refractivity contribution < 1.29 is 9.59 Å². The Morgan fingerprint density at radius 3 is 2.62 bits per heavy atom. The Morgan fingerprint density at radius 1 is 1.19 bits per heavy atom. The van der Waals surface area contributed by atoms with E-state index < -0.39 is 0 Å². The largest absolute Gasteiger partial charge is 0.338 e. The van der Waals surface area contributed by atoms with E-state index in [1.54, 1.807) is 0 Å². The van der Waals surface area contributed by atoms with Gasteiger partial charge in [-0.1, -0.05) is 0 Å². The minimum Gasteiger partial charge on any atom is -0.338 e. The molecule has 0 radical (unpaired) electrons. The second-order valence-corrected chi connectivity index (χ2v) is 6.87. The molecule has 5 nitrogen and oxygen atoms in total. The van der Waals surface area contributed by atoms with Crippen LogP contribution in [0.2, 0.25) is 0 Å². The third-order valence-electron chi connectivity index (χ3n) is 4.28. The normalized spacial score (nSPS) is 22.7. The van der Waals surface area contributed by atoms with E-state index in [1.807, 2.05) is 24.1 Å². The van der Waals surface area contributed by atoms with Gasteiger partial charge in [-0.15, -0.1) is 11.3 Å². The van der Waals surface area contributed by atoms with Crippen LogP contribution >= 0.6 is 11.3 Å². The maximum atomic E-state index is 12.3. The highest BCUT2D eigenvalue weighted by Gasteiger charge is 2.28. The minimum atomic E-state index is -0.0372. The van der Waals surface area contributed by atoms with E-state index in [-0.39, 0.29) is 17.9 Å². The molecule has 2 amide bonds. The fourth-order valence-electron chi connectivity index (χ4n) is 3.04. The number of anilines is 1. The molecule has 1 aromatic rings. The van der Waals surface area contributed by atoms with Crippen LogP contribution in [0.15, 0.2) is 12.1 Å². The highest BCUT2D eigenvalue weighted by Crippen LogP contribution is 2.26. The first-order chi connectivity index (χ1) is 10.1. The third-order valence-corrected chi connectivity index (χ3v) is 5.27. The summed E-state index contributed by atoms with van der Waals surface area (Å²) in [4.78, 5) is 29.2. The molecule has 0 bridgehead atoms. The van der Waals surface area contributed by atoms with Crippen LogP contribution in [-0.2, 0) is 4.79 Å². The Hall–Kier alpha value is -1.40. The van der Waals surface area contributed by atoms with Gasteiger partial charge in [0, 0.05) is 13.1 Å². The zero-order chi connectivity index (χ0) is 14.8. The van der Waals surface area contributed by atoms with Crippen molar-refractivity contribution in [1.82, 2.24) is 9.80 Å². The summed E-state index contributed by atoms with van der Waals surface area (Å²) < 4.78 is 0. The molecule has 0 spiro atoms. The van der Waals surface area contributed by atoms with Gasteiger partial charge >= 0.3 is 0 Å². The van der Waals surface area contributed by atoms with Gasteiger partial charge in [-0.05, 0) is 51.4 Å².